The average Bonchev–Trinajstić information content (AvgIpc) is 2.61. The van der Waals surface area contributed by atoms with Crippen LogP contribution in [-0.4, -0.2) is 51.6 Å². The van der Waals surface area contributed by atoms with Crippen LogP contribution in [0.4, 0.5) is 15.8 Å². The molecule has 0 atom stereocenters. The van der Waals surface area contributed by atoms with E-state index in [0.29, 0.717) is 18.8 Å². The van der Waals surface area contributed by atoms with Crippen LogP contribution in [0, 0.1) is 12.7 Å². The third-order valence-electron chi connectivity index (χ3n) is 4.21. The molecule has 0 aliphatic rings. The first kappa shape index (κ1) is 20.2. The van der Waals surface area contributed by atoms with Crippen LogP contribution in [0.15, 0.2) is 42.5 Å². The summed E-state index contributed by atoms with van der Waals surface area (Å²) in [6, 6.07) is 12.6. The van der Waals surface area contributed by atoms with Gasteiger partial charge in [0, 0.05) is 25.8 Å². The Balaban J connectivity index is 2.21. The number of carbonyl (C=O) groups is 1. The van der Waals surface area contributed by atoms with E-state index in [9.17, 15) is 9.18 Å². The van der Waals surface area contributed by atoms with E-state index in [0.717, 1.165) is 11.3 Å². The molecular weight excluding hydrogens is 353 g/mol. The highest BCUT2D eigenvalue weighted by atomic mass is 35.5. The highest BCUT2D eigenvalue weighted by Crippen LogP contribution is 2.26. The second-order valence-electron chi connectivity index (χ2n) is 6.59. The van der Waals surface area contributed by atoms with Crippen LogP contribution in [0.3, 0.4) is 0 Å². The van der Waals surface area contributed by atoms with Gasteiger partial charge in [-0.25, -0.2) is 4.39 Å². The Morgan fingerprint density at radius 3 is 2.31 bits per heavy atom. The largest absolute Gasteiger partial charge is 0.359 e. The summed E-state index contributed by atoms with van der Waals surface area (Å²) in [5.41, 5.74) is 2.27. The van der Waals surface area contributed by atoms with E-state index in [-0.39, 0.29) is 17.5 Å². The number of carbonyl (C=O) groups excluding carboxylic acids is 1. The molecule has 0 heterocycles. The normalized spacial score (nSPS) is 10.9. The Kier molecular flexibility index (Phi) is 7.00. The first-order chi connectivity index (χ1) is 12.3. The molecule has 0 bridgehead atoms. The summed E-state index contributed by atoms with van der Waals surface area (Å²) in [6.45, 7) is 3.26. The number of hydrogen-bond donors (Lipinski definition) is 0. The zero-order chi connectivity index (χ0) is 19.3. The van der Waals surface area contributed by atoms with Crippen molar-refractivity contribution in [2.75, 3.05) is 50.6 Å². The minimum atomic E-state index is -0.501. The second-order valence-corrected chi connectivity index (χ2v) is 6.99. The molecule has 0 aromatic heterocycles. The van der Waals surface area contributed by atoms with E-state index in [4.69, 9.17) is 11.6 Å². The maximum atomic E-state index is 14.5. The van der Waals surface area contributed by atoms with Gasteiger partial charge in [0.1, 0.15) is 0 Å². The monoisotopic (exact) mass is 377 g/mol. The number of amides is 1. The first-order valence-electron chi connectivity index (χ1n) is 8.46. The standard InChI is InChI=1S/C20H25ClFN3O/c1-15-8-10-16(11-9-15)24(4)19(26)14-25(13-12-23(2)3)18-7-5-6-17(21)20(18)22/h5-11H,12-14H2,1-4H3. The summed E-state index contributed by atoms with van der Waals surface area (Å²) in [7, 11) is 5.60. The molecule has 2 rings (SSSR count). The molecule has 0 N–H and O–H groups in total. The Morgan fingerprint density at radius 1 is 1.04 bits per heavy atom. The summed E-state index contributed by atoms with van der Waals surface area (Å²) in [6.07, 6.45) is 0. The molecule has 0 radical (unpaired) electrons. The van der Waals surface area contributed by atoms with Crippen molar-refractivity contribution in [3.63, 3.8) is 0 Å². The van der Waals surface area contributed by atoms with E-state index in [1.165, 1.54) is 6.07 Å². The van der Waals surface area contributed by atoms with E-state index in [1.54, 1.807) is 29.0 Å². The van der Waals surface area contributed by atoms with Gasteiger partial charge >= 0.3 is 0 Å². The summed E-state index contributed by atoms with van der Waals surface area (Å²) in [5, 5.41) is 0.0525. The van der Waals surface area contributed by atoms with Crippen molar-refractivity contribution in [1.29, 1.82) is 0 Å². The summed E-state index contributed by atoms with van der Waals surface area (Å²) < 4.78 is 14.5. The van der Waals surface area contributed by atoms with Gasteiger partial charge in [-0.05, 0) is 45.3 Å². The molecule has 0 saturated carbocycles. The molecule has 0 saturated heterocycles. The Labute approximate surface area is 159 Å². The van der Waals surface area contributed by atoms with Gasteiger partial charge < -0.3 is 14.7 Å². The fourth-order valence-electron chi connectivity index (χ4n) is 2.52. The number of benzene rings is 2. The van der Waals surface area contributed by atoms with Crippen LogP contribution < -0.4 is 9.80 Å². The molecule has 140 valence electrons. The van der Waals surface area contributed by atoms with Gasteiger partial charge in [-0.1, -0.05) is 35.4 Å². The highest BCUT2D eigenvalue weighted by Gasteiger charge is 2.20. The van der Waals surface area contributed by atoms with Gasteiger partial charge in [0.15, 0.2) is 5.82 Å². The molecule has 0 unspecified atom stereocenters. The van der Waals surface area contributed by atoms with Gasteiger partial charge in [-0.3, -0.25) is 4.79 Å². The lowest BCUT2D eigenvalue weighted by Crippen LogP contribution is -2.41. The first-order valence-corrected chi connectivity index (χ1v) is 8.84. The predicted octanol–water partition coefficient (Wildman–Crippen LogP) is 3.82. The van der Waals surface area contributed by atoms with Gasteiger partial charge in [-0.2, -0.15) is 0 Å². The Hall–Kier alpha value is -2.11. The van der Waals surface area contributed by atoms with Crippen LogP contribution >= 0.6 is 11.6 Å². The van der Waals surface area contributed by atoms with Crippen LogP contribution in [0.1, 0.15) is 5.56 Å². The van der Waals surface area contributed by atoms with Crippen molar-refractivity contribution in [3.8, 4) is 0 Å². The number of halogens is 2. The molecule has 2 aromatic rings. The molecule has 0 aliphatic carbocycles. The number of likely N-dealkylation sites (N-methyl/N-ethyl adjacent to an activating group) is 2. The van der Waals surface area contributed by atoms with Crippen molar-refractivity contribution >= 4 is 28.9 Å². The van der Waals surface area contributed by atoms with Crippen molar-refractivity contribution < 1.29 is 9.18 Å². The van der Waals surface area contributed by atoms with Gasteiger partial charge in [0.2, 0.25) is 5.91 Å². The number of nitrogens with zero attached hydrogens (tertiary/aromatic N) is 3. The topological polar surface area (TPSA) is 26.8 Å². The molecule has 0 aliphatic heterocycles. The summed E-state index contributed by atoms with van der Waals surface area (Å²) in [4.78, 5) is 18.1. The summed E-state index contributed by atoms with van der Waals surface area (Å²) >= 11 is 5.92. The third kappa shape index (κ3) is 5.19. The lowest BCUT2D eigenvalue weighted by atomic mass is 10.2. The molecule has 26 heavy (non-hydrogen) atoms. The zero-order valence-corrected chi connectivity index (χ0v) is 16.4. The molecule has 0 spiro atoms. The fraction of sp³-hybridized carbons (Fsp3) is 0.350. The third-order valence-corrected chi connectivity index (χ3v) is 4.50. The minimum Gasteiger partial charge on any atom is -0.359 e. The quantitative estimate of drug-likeness (QED) is 0.734. The molecular formula is C20H25ClFN3O. The molecule has 4 nitrogen and oxygen atoms in total. The molecule has 6 heteroatoms. The number of anilines is 2. The van der Waals surface area contributed by atoms with E-state index < -0.39 is 5.82 Å². The smallest absolute Gasteiger partial charge is 0.246 e. The summed E-state index contributed by atoms with van der Waals surface area (Å²) in [5.74, 6) is -0.620. The zero-order valence-electron chi connectivity index (χ0n) is 15.7. The van der Waals surface area contributed by atoms with E-state index in [2.05, 4.69) is 0 Å². The van der Waals surface area contributed by atoms with E-state index in [1.807, 2.05) is 50.2 Å². The average molecular weight is 378 g/mol. The van der Waals surface area contributed by atoms with Crippen LogP contribution in [0.2, 0.25) is 5.02 Å². The molecule has 0 fully saturated rings. The predicted molar refractivity (Wildman–Crippen MR) is 107 cm³/mol. The maximum Gasteiger partial charge on any atom is 0.246 e. The Bertz CT molecular complexity index is 749. The van der Waals surface area contributed by atoms with Crippen LogP contribution in [0.5, 0.6) is 0 Å². The lowest BCUT2D eigenvalue weighted by Gasteiger charge is -2.28. The second kappa shape index (κ2) is 9.01. The number of aryl methyl sites for hydroxylation is 1. The maximum absolute atomic E-state index is 14.5. The highest BCUT2D eigenvalue weighted by molar-refractivity contribution is 6.31. The number of rotatable bonds is 7. The van der Waals surface area contributed by atoms with Gasteiger partial charge in [-0.15, -0.1) is 0 Å². The van der Waals surface area contributed by atoms with Crippen LogP contribution in [0.25, 0.3) is 0 Å². The van der Waals surface area contributed by atoms with Crippen molar-refractivity contribution in [1.82, 2.24) is 4.90 Å². The SMILES string of the molecule is Cc1ccc(N(C)C(=O)CN(CCN(C)C)c2cccc(Cl)c2F)cc1. The Morgan fingerprint density at radius 2 is 1.69 bits per heavy atom. The van der Waals surface area contributed by atoms with Crippen molar-refractivity contribution in [2.24, 2.45) is 0 Å². The van der Waals surface area contributed by atoms with Crippen molar-refractivity contribution in [2.45, 2.75) is 6.92 Å². The fourth-order valence-corrected chi connectivity index (χ4v) is 2.69. The van der Waals surface area contributed by atoms with E-state index >= 15 is 0 Å². The molecule has 2 aromatic carbocycles. The number of hydrogen-bond acceptors (Lipinski definition) is 3. The van der Waals surface area contributed by atoms with Gasteiger partial charge in [0.25, 0.3) is 0 Å². The minimum absolute atomic E-state index is 0.0525. The van der Waals surface area contributed by atoms with Crippen LogP contribution in [-0.2, 0) is 4.79 Å². The molecule has 1 amide bonds. The van der Waals surface area contributed by atoms with Gasteiger partial charge in [0.05, 0.1) is 17.3 Å². The van der Waals surface area contributed by atoms with Crippen molar-refractivity contribution in [3.05, 3.63) is 58.9 Å². The lowest BCUT2D eigenvalue weighted by molar-refractivity contribution is -0.117.